The summed E-state index contributed by atoms with van der Waals surface area (Å²) in [5, 5.41) is 8.94. The Labute approximate surface area is 183 Å². The second-order valence-corrected chi connectivity index (χ2v) is 10.1. The van der Waals surface area contributed by atoms with Gasteiger partial charge < -0.3 is 0 Å². The predicted octanol–water partition coefficient (Wildman–Crippen LogP) is 7.77. The van der Waals surface area contributed by atoms with Crippen molar-refractivity contribution in [3.63, 3.8) is 0 Å². The molecule has 0 saturated heterocycles. The third-order valence-electron chi connectivity index (χ3n) is 6.35. The van der Waals surface area contributed by atoms with Crippen LogP contribution in [-0.2, 0) is 0 Å². The third kappa shape index (κ3) is 1.98. The van der Waals surface area contributed by atoms with E-state index in [0.717, 1.165) is 11.0 Å². The molecule has 5 aromatic heterocycles. The van der Waals surface area contributed by atoms with Gasteiger partial charge in [-0.1, -0.05) is 24.3 Å². The molecule has 0 radical (unpaired) electrons. The van der Waals surface area contributed by atoms with Crippen LogP contribution in [0.1, 0.15) is 0 Å². The van der Waals surface area contributed by atoms with Gasteiger partial charge in [-0.2, -0.15) is 0 Å². The average Bonchev–Trinajstić information content (AvgIpc) is 3.52. The van der Waals surface area contributed by atoms with Crippen LogP contribution < -0.4 is 0 Å². The van der Waals surface area contributed by atoms with E-state index in [1.54, 1.807) is 0 Å². The molecule has 5 heteroatoms. The molecule has 0 spiro atoms. The molecule has 5 heterocycles. The molecule has 3 aromatic carbocycles. The standard InChI is InChI=1S/C26H13N3S2/c1-2-4-21-16(3-1)24-22(30-21)6-5-15-18-11-17-14-7-8-27-13-19(14)26-28-9-10-29(26)20(17)12-23(18)31-25(15)24/h1-13H. The molecule has 3 nitrogen and oxygen atoms in total. The molecular formula is C26H13N3S2. The number of benzene rings is 3. The van der Waals surface area contributed by atoms with Crippen LogP contribution in [0.3, 0.4) is 0 Å². The number of hydrogen-bond acceptors (Lipinski definition) is 4. The topological polar surface area (TPSA) is 30.2 Å². The fraction of sp³-hybridized carbons (Fsp3) is 0. The number of fused-ring (bicyclic) bond motifs is 13. The molecule has 144 valence electrons. The Morgan fingerprint density at radius 1 is 0.677 bits per heavy atom. The van der Waals surface area contributed by atoms with Crippen molar-refractivity contribution in [1.29, 1.82) is 0 Å². The van der Waals surface area contributed by atoms with Crippen molar-refractivity contribution in [3.8, 4) is 0 Å². The zero-order valence-corrected chi connectivity index (χ0v) is 17.8. The minimum Gasteiger partial charge on any atom is -0.299 e. The fourth-order valence-corrected chi connectivity index (χ4v) is 7.45. The molecule has 0 unspecified atom stereocenters. The molecule has 0 N–H and O–H groups in total. The number of thiophene rings is 2. The Bertz CT molecular complexity index is 2010. The quantitative estimate of drug-likeness (QED) is 0.230. The molecule has 31 heavy (non-hydrogen) atoms. The van der Waals surface area contributed by atoms with Gasteiger partial charge in [0.2, 0.25) is 0 Å². The van der Waals surface area contributed by atoms with Crippen LogP contribution in [-0.4, -0.2) is 14.4 Å². The number of aromatic nitrogens is 3. The minimum absolute atomic E-state index is 0.960. The van der Waals surface area contributed by atoms with E-state index in [-0.39, 0.29) is 0 Å². The van der Waals surface area contributed by atoms with E-state index in [0.29, 0.717) is 0 Å². The Hall–Kier alpha value is -3.54. The Balaban J connectivity index is 1.63. The van der Waals surface area contributed by atoms with Crippen LogP contribution >= 0.6 is 22.7 Å². The molecule has 8 aromatic rings. The van der Waals surface area contributed by atoms with Gasteiger partial charge in [0.15, 0.2) is 0 Å². The molecule has 8 rings (SSSR count). The van der Waals surface area contributed by atoms with E-state index in [4.69, 9.17) is 0 Å². The molecule has 0 fully saturated rings. The first-order chi connectivity index (χ1) is 15.4. The van der Waals surface area contributed by atoms with Crippen LogP contribution in [0.2, 0.25) is 0 Å². The van der Waals surface area contributed by atoms with Crippen molar-refractivity contribution in [3.05, 3.63) is 79.4 Å². The summed E-state index contributed by atoms with van der Waals surface area (Å²) in [6.45, 7) is 0. The predicted molar refractivity (Wildman–Crippen MR) is 134 cm³/mol. The molecular weight excluding hydrogens is 418 g/mol. The second kappa shape index (κ2) is 5.58. The molecule has 0 bridgehead atoms. The van der Waals surface area contributed by atoms with E-state index in [9.17, 15) is 0 Å². The number of rotatable bonds is 0. The Morgan fingerprint density at radius 3 is 2.65 bits per heavy atom. The van der Waals surface area contributed by atoms with E-state index < -0.39 is 0 Å². The Kier molecular flexibility index (Phi) is 2.91. The van der Waals surface area contributed by atoms with Gasteiger partial charge >= 0.3 is 0 Å². The van der Waals surface area contributed by atoms with Crippen LogP contribution in [0.5, 0.6) is 0 Å². The fourth-order valence-electron chi connectivity index (χ4n) is 5.00. The SMILES string of the molecule is c1ccc2c(c1)sc1ccc3c4cc5c6ccncc6c6nccn6c5cc4sc3c12. The van der Waals surface area contributed by atoms with Gasteiger partial charge in [0, 0.05) is 75.9 Å². The highest BCUT2D eigenvalue weighted by Gasteiger charge is 2.16. The van der Waals surface area contributed by atoms with Gasteiger partial charge in [0.1, 0.15) is 5.65 Å². The highest BCUT2D eigenvalue weighted by Crippen LogP contribution is 2.45. The van der Waals surface area contributed by atoms with E-state index in [2.05, 4.69) is 69.0 Å². The summed E-state index contributed by atoms with van der Waals surface area (Å²) in [6.07, 6.45) is 7.72. The van der Waals surface area contributed by atoms with Crippen molar-refractivity contribution < 1.29 is 0 Å². The summed E-state index contributed by atoms with van der Waals surface area (Å²) in [6, 6.07) is 20.2. The van der Waals surface area contributed by atoms with Crippen LogP contribution in [0, 0.1) is 0 Å². The van der Waals surface area contributed by atoms with Crippen LogP contribution in [0.25, 0.3) is 67.7 Å². The maximum absolute atomic E-state index is 4.62. The smallest absolute Gasteiger partial charge is 0.146 e. The van der Waals surface area contributed by atoms with Gasteiger partial charge in [-0.3, -0.25) is 9.38 Å². The lowest BCUT2D eigenvalue weighted by molar-refractivity contribution is 1.27. The summed E-state index contributed by atoms with van der Waals surface area (Å²) in [4.78, 5) is 8.97. The summed E-state index contributed by atoms with van der Waals surface area (Å²) >= 11 is 3.78. The summed E-state index contributed by atoms with van der Waals surface area (Å²) in [5.41, 5.74) is 2.15. The van der Waals surface area contributed by atoms with Crippen LogP contribution in [0.15, 0.2) is 79.4 Å². The van der Waals surface area contributed by atoms with E-state index in [1.807, 2.05) is 47.5 Å². The average molecular weight is 432 g/mol. The highest BCUT2D eigenvalue weighted by molar-refractivity contribution is 7.29. The van der Waals surface area contributed by atoms with Gasteiger partial charge in [0.25, 0.3) is 0 Å². The second-order valence-electron chi connectivity index (χ2n) is 7.92. The number of hydrogen-bond donors (Lipinski definition) is 0. The minimum atomic E-state index is 0.960. The summed E-state index contributed by atoms with van der Waals surface area (Å²) in [7, 11) is 0. The third-order valence-corrected chi connectivity index (χ3v) is 8.67. The van der Waals surface area contributed by atoms with Crippen molar-refractivity contribution in [1.82, 2.24) is 14.4 Å². The van der Waals surface area contributed by atoms with Gasteiger partial charge in [-0.05, 0) is 35.7 Å². The largest absolute Gasteiger partial charge is 0.299 e. The normalized spacial score (nSPS) is 12.5. The maximum Gasteiger partial charge on any atom is 0.146 e. The molecule has 0 aliphatic rings. The summed E-state index contributed by atoms with van der Waals surface area (Å²) < 4.78 is 7.60. The first-order valence-corrected chi connectivity index (χ1v) is 11.8. The Morgan fingerprint density at radius 2 is 1.65 bits per heavy atom. The highest BCUT2D eigenvalue weighted by atomic mass is 32.1. The lowest BCUT2D eigenvalue weighted by atomic mass is 10.0. The molecule has 0 atom stereocenters. The monoisotopic (exact) mass is 431 g/mol. The zero-order chi connectivity index (χ0) is 20.1. The molecule has 0 amide bonds. The van der Waals surface area contributed by atoms with Gasteiger partial charge in [0.05, 0.1) is 5.52 Å². The van der Waals surface area contributed by atoms with Crippen molar-refractivity contribution in [2.75, 3.05) is 0 Å². The zero-order valence-electron chi connectivity index (χ0n) is 16.2. The molecule has 0 aliphatic carbocycles. The van der Waals surface area contributed by atoms with Crippen molar-refractivity contribution in [2.24, 2.45) is 0 Å². The van der Waals surface area contributed by atoms with E-state index in [1.165, 1.54) is 56.6 Å². The van der Waals surface area contributed by atoms with Gasteiger partial charge in [-0.25, -0.2) is 4.98 Å². The lowest BCUT2D eigenvalue weighted by Gasteiger charge is -2.08. The van der Waals surface area contributed by atoms with Crippen LogP contribution in [0.4, 0.5) is 0 Å². The van der Waals surface area contributed by atoms with Gasteiger partial charge in [-0.15, -0.1) is 22.7 Å². The van der Waals surface area contributed by atoms with Crippen molar-refractivity contribution >= 4 is 90.3 Å². The van der Waals surface area contributed by atoms with E-state index >= 15 is 0 Å². The lowest BCUT2D eigenvalue weighted by Crippen LogP contribution is -1.90. The summed E-state index contributed by atoms with van der Waals surface area (Å²) in [5.74, 6) is 0. The number of imidazole rings is 1. The molecule has 0 aliphatic heterocycles. The number of pyridine rings is 2. The number of nitrogens with zero attached hydrogens (tertiary/aromatic N) is 3. The molecule has 0 saturated carbocycles. The van der Waals surface area contributed by atoms with Crippen molar-refractivity contribution in [2.45, 2.75) is 0 Å². The first-order valence-electron chi connectivity index (χ1n) is 10.2. The first kappa shape index (κ1) is 16.2. The maximum atomic E-state index is 4.62.